The van der Waals surface area contributed by atoms with E-state index in [-0.39, 0.29) is 17.3 Å². The smallest absolute Gasteiger partial charge is 0.417 e. The quantitative estimate of drug-likeness (QED) is 0.848. The summed E-state index contributed by atoms with van der Waals surface area (Å²) in [5, 5.41) is 1.98. The van der Waals surface area contributed by atoms with Gasteiger partial charge in [-0.25, -0.2) is 4.98 Å². The van der Waals surface area contributed by atoms with Crippen LogP contribution < -0.4 is 5.32 Å². The lowest BCUT2D eigenvalue weighted by Crippen LogP contribution is -2.20. The molecule has 1 atom stereocenters. The van der Waals surface area contributed by atoms with E-state index in [0.717, 1.165) is 0 Å². The number of nitrogens with zero attached hydrogens (tertiary/aromatic N) is 1. The molecule has 9 heteroatoms. The van der Waals surface area contributed by atoms with Gasteiger partial charge in [0.2, 0.25) is 5.91 Å². The van der Waals surface area contributed by atoms with Gasteiger partial charge >= 0.3 is 12.1 Å². The van der Waals surface area contributed by atoms with Crippen LogP contribution in [0.25, 0.3) is 0 Å². The predicted octanol–water partition coefficient (Wildman–Crippen LogP) is 3.42. The van der Waals surface area contributed by atoms with Crippen molar-refractivity contribution in [1.29, 1.82) is 0 Å². The van der Waals surface area contributed by atoms with Crippen molar-refractivity contribution in [1.82, 2.24) is 4.98 Å². The maximum absolute atomic E-state index is 12.5. The highest BCUT2D eigenvalue weighted by Crippen LogP contribution is 2.34. The number of hydrogen-bond acceptors (Lipinski definition) is 4. The Bertz CT molecular complexity index is 647. The SMILES string of the molecule is CC1(C)CC(CC(=O)Nc2ncc(C(F)(F)F)cc2Cl)C(=O)O1. The number of hydrogen-bond donors (Lipinski definition) is 1. The summed E-state index contributed by atoms with van der Waals surface area (Å²) in [6, 6.07) is 0.678. The number of nitrogens with one attached hydrogen (secondary N) is 1. The molecule has 0 aliphatic carbocycles. The standard InChI is InChI=1S/C14H14ClF3N2O3/c1-13(2)5-7(12(22)23-13)3-10(21)20-11-9(15)4-8(6-19-11)14(16,17)18/h4,6-7H,3,5H2,1-2H3,(H,19,20,21). The summed E-state index contributed by atoms with van der Waals surface area (Å²) in [4.78, 5) is 27.1. The number of esters is 1. The summed E-state index contributed by atoms with van der Waals surface area (Å²) in [6.45, 7) is 3.47. The summed E-state index contributed by atoms with van der Waals surface area (Å²) in [5.74, 6) is -1.83. The molecular weight excluding hydrogens is 337 g/mol. The number of amides is 1. The molecule has 0 spiro atoms. The third-order valence-corrected chi connectivity index (χ3v) is 3.59. The summed E-state index contributed by atoms with van der Waals surface area (Å²) >= 11 is 5.70. The summed E-state index contributed by atoms with van der Waals surface area (Å²) < 4.78 is 42.6. The highest BCUT2D eigenvalue weighted by Gasteiger charge is 2.41. The van der Waals surface area contributed by atoms with Gasteiger partial charge in [-0.3, -0.25) is 9.59 Å². The number of alkyl halides is 3. The Kier molecular flexibility index (Phi) is 4.57. The molecule has 1 N–H and O–H groups in total. The van der Waals surface area contributed by atoms with Gasteiger partial charge in [0.25, 0.3) is 0 Å². The molecule has 2 heterocycles. The first kappa shape index (κ1) is 17.5. The Morgan fingerprint density at radius 1 is 1.52 bits per heavy atom. The monoisotopic (exact) mass is 350 g/mol. The molecule has 1 amide bonds. The fourth-order valence-corrected chi connectivity index (χ4v) is 2.53. The van der Waals surface area contributed by atoms with Crippen molar-refractivity contribution in [3.05, 3.63) is 22.8 Å². The van der Waals surface area contributed by atoms with E-state index in [9.17, 15) is 22.8 Å². The van der Waals surface area contributed by atoms with Crippen molar-refractivity contribution in [2.75, 3.05) is 5.32 Å². The Morgan fingerprint density at radius 3 is 2.65 bits per heavy atom. The molecule has 2 rings (SSSR count). The molecule has 5 nitrogen and oxygen atoms in total. The van der Waals surface area contributed by atoms with E-state index in [1.54, 1.807) is 13.8 Å². The third kappa shape index (κ3) is 4.34. The van der Waals surface area contributed by atoms with Gasteiger partial charge in [0.15, 0.2) is 5.82 Å². The highest BCUT2D eigenvalue weighted by molar-refractivity contribution is 6.33. The molecule has 1 unspecified atom stereocenters. The number of anilines is 1. The van der Waals surface area contributed by atoms with Crippen molar-refractivity contribution in [2.45, 2.75) is 38.5 Å². The third-order valence-electron chi connectivity index (χ3n) is 3.31. The Labute approximate surface area is 135 Å². The molecule has 1 aliphatic heterocycles. The molecule has 0 radical (unpaired) electrons. The zero-order chi connectivity index (χ0) is 17.4. The number of ether oxygens (including phenoxy) is 1. The van der Waals surface area contributed by atoms with Crippen LogP contribution in [0.1, 0.15) is 32.3 Å². The molecular formula is C14H14ClF3N2O3. The van der Waals surface area contributed by atoms with E-state index in [0.29, 0.717) is 18.7 Å². The van der Waals surface area contributed by atoms with E-state index in [1.165, 1.54) is 0 Å². The van der Waals surface area contributed by atoms with Gasteiger partial charge in [-0.2, -0.15) is 13.2 Å². The fraction of sp³-hybridized carbons (Fsp3) is 0.500. The normalized spacial score (nSPS) is 20.3. The lowest BCUT2D eigenvalue weighted by Gasteiger charge is -2.14. The van der Waals surface area contributed by atoms with Gasteiger partial charge in [0, 0.05) is 19.0 Å². The summed E-state index contributed by atoms with van der Waals surface area (Å²) in [6.07, 6.45) is -3.76. The fourth-order valence-electron chi connectivity index (χ4n) is 2.32. The lowest BCUT2D eigenvalue weighted by atomic mass is 9.95. The van der Waals surface area contributed by atoms with Crippen LogP contribution >= 0.6 is 11.6 Å². The molecule has 1 aromatic rings. The minimum atomic E-state index is -4.57. The first-order valence-electron chi connectivity index (χ1n) is 6.73. The van der Waals surface area contributed by atoms with Crippen LogP contribution in [-0.4, -0.2) is 22.5 Å². The largest absolute Gasteiger partial charge is 0.459 e. The van der Waals surface area contributed by atoms with Crippen LogP contribution in [0.3, 0.4) is 0 Å². The topological polar surface area (TPSA) is 68.3 Å². The molecule has 126 valence electrons. The number of cyclic esters (lactones) is 1. The second-order valence-corrected chi connectivity index (χ2v) is 6.29. The highest BCUT2D eigenvalue weighted by atomic mass is 35.5. The number of pyridine rings is 1. The van der Waals surface area contributed by atoms with Gasteiger partial charge in [0.1, 0.15) is 5.60 Å². The molecule has 0 saturated carbocycles. The van der Waals surface area contributed by atoms with Crippen molar-refractivity contribution in [3.63, 3.8) is 0 Å². The maximum atomic E-state index is 12.5. The molecule has 1 saturated heterocycles. The van der Waals surface area contributed by atoms with Crippen LogP contribution in [0, 0.1) is 5.92 Å². The number of halogens is 4. The predicted molar refractivity (Wildman–Crippen MR) is 75.8 cm³/mol. The molecule has 1 fully saturated rings. The molecule has 23 heavy (non-hydrogen) atoms. The van der Waals surface area contributed by atoms with E-state index < -0.39 is 35.1 Å². The van der Waals surface area contributed by atoms with E-state index in [2.05, 4.69) is 10.3 Å². The Morgan fingerprint density at radius 2 is 2.17 bits per heavy atom. The van der Waals surface area contributed by atoms with Crippen LogP contribution in [0.5, 0.6) is 0 Å². The van der Waals surface area contributed by atoms with Crippen molar-refractivity contribution < 1.29 is 27.5 Å². The van der Waals surface area contributed by atoms with E-state index in [1.807, 2.05) is 0 Å². The van der Waals surface area contributed by atoms with Gasteiger partial charge < -0.3 is 10.1 Å². The Hall–Kier alpha value is -1.83. The van der Waals surface area contributed by atoms with Crippen LogP contribution in [0.4, 0.5) is 19.0 Å². The number of carbonyl (C=O) groups excluding carboxylic acids is 2. The second kappa shape index (κ2) is 5.99. The van der Waals surface area contributed by atoms with Crippen LogP contribution in [0.2, 0.25) is 5.02 Å². The first-order chi connectivity index (χ1) is 10.5. The lowest BCUT2D eigenvalue weighted by molar-refractivity contribution is -0.149. The van der Waals surface area contributed by atoms with Gasteiger partial charge in [-0.15, -0.1) is 0 Å². The second-order valence-electron chi connectivity index (χ2n) is 5.89. The summed E-state index contributed by atoms with van der Waals surface area (Å²) in [7, 11) is 0. The number of aromatic nitrogens is 1. The van der Waals surface area contributed by atoms with Gasteiger partial charge in [-0.05, 0) is 19.9 Å². The maximum Gasteiger partial charge on any atom is 0.417 e. The zero-order valence-corrected chi connectivity index (χ0v) is 13.1. The zero-order valence-electron chi connectivity index (χ0n) is 12.3. The van der Waals surface area contributed by atoms with Crippen LogP contribution in [0.15, 0.2) is 12.3 Å². The van der Waals surface area contributed by atoms with Gasteiger partial charge in [-0.1, -0.05) is 11.6 Å². The van der Waals surface area contributed by atoms with E-state index in [4.69, 9.17) is 16.3 Å². The number of carbonyl (C=O) groups is 2. The minimum absolute atomic E-state index is 0.151. The molecule has 1 aliphatic rings. The van der Waals surface area contributed by atoms with E-state index >= 15 is 0 Å². The molecule has 0 bridgehead atoms. The first-order valence-corrected chi connectivity index (χ1v) is 7.11. The van der Waals surface area contributed by atoms with Crippen molar-refractivity contribution >= 4 is 29.3 Å². The van der Waals surface area contributed by atoms with Crippen molar-refractivity contribution in [3.8, 4) is 0 Å². The van der Waals surface area contributed by atoms with Crippen LogP contribution in [-0.2, 0) is 20.5 Å². The molecule has 1 aromatic heterocycles. The van der Waals surface area contributed by atoms with Crippen molar-refractivity contribution in [2.24, 2.45) is 5.92 Å². The Balaban J connectivity index is 2.02. The average Bonchev–Trinajstić information content (AvgIpc) is 2.63. The minimum Gasteiger partial charge on any atom is -0.459 e. The summed E-state index contributed by atoms with van der Waals surface area (Å²) in [5.41, 5.74) is -1.65. The van der Waals surface area contributed by atoms with Gasteiger partial charge in [0.05, 0.1) is 16.5 Å². The molecule has 0 aromatic carbocycles. The average molecular weight is 351 g/mol. The number of rotatable bonds is 3.